The summed E-state index contributed by atoms with van der Waals surface area (Å²) in [5, 5.41) is 2.77. The van der Waals surface area contributed by atoms with E-state index in [1.165, 1.54) is 12.5 Å². The highest BCUT2D eigenvalue weighted by molar-refractivity contribution is 5.88. The number of nitrogens with zero attached hydrogens (tertiary/aromatic N) is 2. The van der Waals surface area contributed by atoms with Crippen molar-refractivity contribution in [2.45, 2.75) is 39.7 Å². The van der Waals surface area contributed by atoms with Crippen molar-refractivity contribution in [3.05, 3.63) is 29.8 Å². The summed E-state index contributed by atoms with van der Waals surface area (Å²) in [5.74, 6) is -0.0596. The predicted molar refractivity (Wildman–Crippen MR) is 98.7 cm³/mol. The minimum absolute atomic E-state index is 0.0596. The van der Waals surface area contributed by atoms with Gasteiger partial charge in [0.15, 0.2) is 0 Å². The highest BCUT2D eigenvalue weighted by atomic mass is 16.6. The van der Waals surface area contributed by atoms with Gasteiger partial charge in [0.2, 0.25) is 5.91 Å². The van der Waals surface area contributed by atoms with Crippen LogP contribution in [0.25, 0.3) is 0 Å². The molecular formula is C19H29N3O3. The number of benzene rings is 1. The molecule has 2 amide bonds. The highest BCUT2D eigenvalue weighted by Gasteiger charge is 2.25. The fraction of sp³-hybridized carbons (Fsp3) is 0.579. The van der Waals surface area contributed by atoms with E-state index < -0.39 is 5.60 Å². The van der Waals surface area contributed by atoms with Crippen molar-refractivity contribution in [2.75, 3.05) is 38.0 Å². The third-order valence-electron chi connectivity index (χ3n) is 4.01. The Balaban J connectivity index is 1.73. The summed E-state index contributed by atoms with van der Waals surface area (Å²) < 4.78 is 5.42. The third kappa shape index (κ3) is 6.74. The van der Waals surface area contributed by atoms with E-state index in [1.807, 2.05) is 45.0 Å². The molecule has 1 fully saturated rings. The molecule has 0 aromatic heterocycles. The fourth-order valence-electron chi connectivity index (χ4n) is 2.73. The van der Waals surface area contributed by atoms with Crippen LogP contribution in [0.2, 0.25) is 0 Å². The number of rotatable bonds is 4. The Labute approximate surface area is 150 Å². The molecule has 1 N–H and O–H groups in total. The Morgan fingerprint density at radius 2 is 1.68 bits per heavy atom. The van der Waals surface area contributed by atoms with Crippen LogP contribution in [0.5, 0.6) is 0 Å². The first-order valence-corrected chi connectivity index (χ1v) is 8.80. The number of carbonyl (C=O) groups excluding carboxylic acids is 2. The molecule has 0 spiro atoms. The molecule has 0 bridgehead atoms. The first-order chi connectivity index (χ1) is 11.7. The third-order valence-corrected chi connectivity index (χ3v) is 4.01. The van der Waals surface area contributed by atoms with Crippen molar-refractivity contribution in [1.29, 1.82) is 0 Å². The van der Waals surface area contributed by atoms with Crippen LogP contribution < -0.4 is 5.32 Å². The average molecular weight is 347 g/mol. The van der Waals surface area contributed by atoms with E-state index in [0.717, 1.165) is 31.7 Å². The van der Waals surface area contributed by atoms with Gasteiger partial charge < -0.3 is 15.0 Å². The van der Waals surface area contributed by atoms with Crippen molar-refractivity contribution in [2.24, 2.45) is 0 Å². The van der Waals surface area contributed by atoms with Crippen molar-refractivity contribution < 1.29 is 14.3 Å². The Kier molecular flexibility index (Phi) is 6.42. The summed E-state index contributed by atoms with van der Waals surface area (Å²) >= 11 is 0. The van der Waals surface area contributed by atoms with Gasteiger partial charge in [-0.05, 0) is 44.9 Å². The summed E-state index contributed by atoms with van der Waals surface area (Å²) in [5.41, 5.74) is 1.61. The molecule has 1 aromatic carbocycles. The number of piperazine rings is 1. The van der Waals surface area contributed by atoms with Gasteiger partial charge in [0.1, 0.15) is 5.60 Å². The molecule has 0 saturated carbocycles. The average Bonchev–Trinajstić information content (AvgIpc) is 2.52. The van der Waals surface area contributed by atoms with E-state index in [1.54, 1.807) is 4.90 Å². The van der Waals surface area contributed by atoms with E-state index in [2.05, 4.69) is 10.2 Å². The molecule has 1 saturated heterocycles. The lowest BCUT2D eigenvalue weighted by Crippen LogP contribution is -2.50. The van der Waals surface area contributed by atoms with Gasteiger partial charge in [0.05, 0.1) is 0 Å². The molecule has 1 aromatic rings. The second-order valence-corrected chi connectivity index (χ2v) is 7.44. The van der Waals surface area contributed by atoms with Crippen LogP contribution >= 0.6 is 0 Å². The number of nitrogens with one attached hydrogen (secondary N) is 1. The molecule has 6 nitrogen and oxygen atoms in total. The monoisotopic (exact) mass is 347 g/mol. The molecule has 1 heterocycles. The van der Waals surface area contributed by atoms with Gasteiger partial charge in [-0.3, -0.25) is 9.69 Å². The molecular weight excluding hydrogens is 318 g/mol. The van der Waals surface area contributed by atoms with Crippen LogP contribution in [0.1, 0.15) is 33.3 Å². The second kappa shape index (κ2) is 8.34. The van der Waals surface area contributed by atoms with Crippen molar-refractivity contribution in [1.82, 2.24) is 9.80 Å². The van der Waals surface area contributed by atoms with Crippen molar-refractivity contribution in [3.8, 4) is 0 Å². The van der Waals surface area contributed by atoms with Gasteiger partial charge in [-0.2, -0.15) is 0 Å². The summed E-state index contributed by atoms with van der Waals surface area (Å²) in [6.07, 6.45) is 0.730. The minimum Gasteiger partial charge on any atom is -0.444 e. The second-order valence-electron chi connectivity index (χ2n) is 7.44. The van der Waals surface area contributed by atoms with Gasteiger partial charge in [-0.25, -0.2) is 4.79 Å². The fourth-order valence-corrected chi connectivity index (χ4v) is 2.73. The lowest BCUT2D eigenvalue weighted by Gasteiger charge is -2.35. The zero-order valence-electron chi connectivity index (χ0n) is 15.7. The lowest BCUT2D eigenvalue weighted by atomic mass is 10.1. The first kappa shape index (κ1) is 19.2. The number of hydrogen-bond acceptors (Lipinski definition) is 4. The maximum atomic E-state index is 12.1. The van der Waals surface area contributed by atoms with E-state index in [9.17, 15) is 9.59 Å². The zero-order chi connectivity index (χ0) is 18.4. The summed E-state index contributed by atoms with van der Waals surface area (Å²) in [7, 11) is 0. The minimum atomic E-state index is -0.447. The largest absolute Gasteiger partial charge is 0.444 e. The molecule has 138 valence electrons. The van der Waals surface area contributed by atoms with E-state index in [0.29, 0.717) is 13.1 Å². The van der Waals surface area contributed by atoms with Gasteiger partial charge >= 0.3 is 6.09 Å². The predicted octanol–water partition coefficient (Wildman–Crippen LogP) is 2.74. The van der Waals surface area contributed by atoms with Crippen molar-refractivity contribution in [3.63, 3.8) is 0 Å². The Morgan fingerprint density at radius 1 is 1.08 bits per heavy atom. The molecule has 1 aliphatic rings. The van der Waals surface area contributed by atoms with Crippen LogP contribution in [0.4, 0.5) is 10.5 Å². The van der Waals surface area contributed by atoms with Gasteiger partial charge in [-0.1, -0.05) is 12.1 Å². The molecule has 0 radical (unpaired) electrons. The summed E-state index contributed by atoms with van der Waals surface area (Å²) in [6, 6.07) is 7.94. The normalized spacial score (nSPS) is 15.8. The van der Waals surface area contributed by atoms with Crippen LogP contribution in [0, 0.1) is 0 Å². The molecule has 2 rings (SSSR count). The summed E-state index contributed by atoms with van der Waals surface area (Å²) in [6.45, 7) is 11.3. The number of ether oxygens (including phenoxy) is 1. The molecule has 1 aliphatic heterocycles. The van der Waals surface area contributed by atoms with Crippen LogP contribution in [-0.2, 0) is 16.0 Å². The molecule has 6 heteroatoms. The SMILES string of the molecule is CC(=O)Nc1ccc(CCN2CCN(C(=O)OC(C)(C)C)CC2)cc1. The molecule has 25 heavy (non-hydrogen) atoms. The van der Waals surface area contributed by atoms with Crippen LogP contribution in [0.15, 0.2) is 24.3 Å². The van der Waals surface area contributed by atoms with E-state index in [-0.39, 0.29) is 12.0 Å². The number of amides is 2. The smallest absolute Gasteiger partial charge is 0.410 e. The van der Waals surface area contributed by atoms with Crippen LogP contribution in [-0.4, -0.2) is 60.1 Å². The maximum absolute atomic E-state index is 12.1. The van der Waals surface area contributed by atoms with Gasteiger partial charge in [-0.15, -0.1) is 0 Å². The van der Waals surface area contributed by atoms with Gasteiger partial charge in [0, 0.05) is 45.3 Å². The zero-order valence-corrected chi connectivity index (χ0v) is 15.7. The molecule has 0 aliphatic carbocycles. The standard InChI is InChI=1S/C19H29N3O3/c1-15(23)20-17-7-5-16(6-8-17)9-10-21-11-13-22(14-12-21)18(24)25-19(2,3)4/h5-8H,9-14H2,1-4H3,(H,20,23). The Hall–Kier alpha value is -2.08. The number of carbonyl (C=O) groups is 2. The number of anilines is 1. The van der Waals surface area contributed by atoms with Crippen molar-refractivity contribution >= 4 is 17.7 Å². The Bertz CT molecular complexity index is 585. The summed E-state index contributed by atoms with van der Waals surface area (Å²) in [4.78, 5) is 27.2. The molecule has 0 atom stereocenters. The highest BCUT2D eigenvalue weighted by Crippen LogP contribution is 2.13. The lowest BCUT2D eigenvalue weighted by molar-refractivity contribution is -0.114. The molecule has 0 unspecified atom stereocenters. The topological polar surface area (TPSA) is 61.9 Å². The van der Waals surface area contributed by atoms with Gasteiger partial charge in [0.25, 0.3) is 0 Å². The van der Waals surface area contributed by atoms with Crippen LogP contribution in [0.3, 0.4) is 0 Å². The maximum Gasteiger partial charge on any atom is 0.410 e. The number of hydrogen-bond donors (Lipinski definition) is 1. The van der Waals surface area contributed by atoms with E-state index in [4.69, 9.17) is 4.74 Å². The quantitative estimate of drug-likeness (QED) is 0.910. The first-order valence-electron chi connectivity index (χ1n) is 8.80. The Morgan fingerprint density at radius 3 is 2.20 bits per heavy atom. The van der Waals surface area contributed by atoms with E-state index >= 15 is 0 Å².